The summed E-state index contributed by atoms with van der Waals surface area (Å²) in [6, 6.07) is 6.35. The number of phenols is 1. The average Bonchev–Trinajstić information content (AvgIpc) is 3.05. The molecule has 6 nitrogen and oxygen atoms in total. The number of aliphatic carboxylic acids is 1. The Kier molecular flexibility index (Phi) is 4.12. The predicted octanol–water partition coefficient (Wildman–Crippen LogP) is 0.956. The van der Waals surface area contributed by atoms with E-state index in [2.05, 4.69) is 4.99 Å². The number of carboxylic acid groups (broad SMARTS) is 1. The first-order valence-corrected chi connectivity index (χ1v) is 8.48. The van der Waals surface area contributed by atoms with E-state index in [-0.39, 0.29) is 17.2 Å². The van der Waals surface area contributed by atoms with Crippen LogP contribution < -0.4 is 5.84 Å². The van der Waals surface area contributed by atoms with Gasteiger partial charge in [-0.25, -0.2) is 5.01 Å². The third-order valence-corrected chi connectivity index (χ3v) is 6.02. The molecule has 3 rings (SSSR count). The van der Waals surface area contributed by atoms with Gasteiger partial charge in [0.15, 0.2) is 0 Å². The smallest absolute Gasteiger partial charge is 0.323 e. The van der Waals surface area contributed by atoms with E-state index >= 15 is 0 Å². The number of carbonyl (C=O) groups is 1. The highest BCUT2D eigenvalue weighted by atomic mass is 32.2. The molecule has 1 saturated heterocycles. The van der Waals surface area contributed by atoms with Crippen molar-refractivity contribution in [2.75, 3.05) is 11.5 Å². The van der Waals surface area contributed by atoms with Gasteiger partial charge in [-0.05, 0) is 12.1 Å². The second-order valence-corrected chi connectivity index (χ2v) is 7.01. The number of hydrazine groups is 1. The quantitative estimate of drug-likeness (QED) is 0.712. The van der Waals surface area contributed by atoms with Gasteiger partial charge < -0.3 is 10.2 Å². The van der Waals surface area contributed by atoms with Gasteiger partial charge >= 0.3 is 5.97 Å². The third kappa shape index (κ3) is 2.76. The largest absolute Gasteiger partial charge is 0.507 e. The maximum Gasteiger partial charge on any atom is 0.323 e. The number of rotatable bonds is 3. The van der Waals surface area contributed by atoms with Crippen LogP contribution in [0.3, 0.4) is 0 Å². The molecule has 0 saturated carbocycles. The number of thioether (sulfide) groups is 2. The molecule has 1 aromatic carbocycles. The zero-order valence-electron chi connectivity index (χ0n) is 11.0. The molecule has 3 atom stereocenters. The Morgan fingerprint density at radius 2 is 2.14 bits per heavy atom. The van der Waals surface area contributed by atoms with Crippen molar-refractivity contribution in [2.45, 2.75) is 17.5 Å². The molecule has 0 amide bonds. The van der Waals surface area contributed by atoms with Crippen molar-refractivity contribution in [1.29, 1.82) is 0 Å². The van der Waals surface area contributed by atoms with Crippen molar-refractivity contribution in [3.8, 4) is 5.75 Å². The monoisotopic (exact) mass is 325 g/mol. The summed E-state index contributed by atoms with van der Waals surface area (Å²) in [6.07, 6.45) is 0. The summed E-state index contributed by atoms with van der Waals surface area (Å²) in [5.41, 5.74) is 0.714. The minimum absolute atomic E-state index is 0.0658. The molecule has 112 valence electrons. The summed E-state index contributed by atoms with van der Waals surface area (Å²) >= 11 is 3.09. The fraction of sp³-hybridized carbons (Fsp3) is 0.385. The summed E-state index contributed by atoms with van der Waals surface area (Å²) in [5.74, 6) is 6.44. The second-order valence-electron chi connectivity index (χ2n) is 4.85. The van der Waals surface area contributed by atoms with Crippen LogP contribution in [0.1, 0.15) is 5.56 Å². The molecule has 2 aliphatic rings. The van der Waals surface area contributed by atoms with Crippen molar-refractivity contribution in [2.24, 2.45) is 10.8 Å². The molecule has 4 N–H and O–H groups in total. The second kappa shape index (κ2) is 5.88. The van der Waals surface area contributed by atoms with Crippen molar-refractivity contribution in [1.82, 2.24) is 5.01 Å². The Labute approximate surface area is 130 Å². The number of aromatic hydroxyl groups is 1. The Morgan fingerprint density at radius 1 is 1.38 bits per heavy atom. The van der Waals surface area contributed by atoms with Gasteiger partial charge in [-0.3, -0.25) is 15.6 Å². The van der Waals surface area contributed by atoms with Gasteiger partial charge in [-0.15, -0.1) is 23.5 Å². The average molecular weight is 325 g/mol. The lowest BCUT2D eigenvalue weighted by molar-refractivity contribution is -0.142. The molecule has 2 aliphatic heterocycles. The van der Waals surface area contributed by atoms with Crippen molar-refractivity contribution in [3.63, 3.8) is 0 Å². The highest BCUT2D eigenvalue weighted by Gasteiger charge is 2.42. The normalized spacial score (nSPS) is 29.6. The van der Waals surface area contributed by atoms with Crippen molar-refractivity contribution >= 4 is 34.5 Å². The van der Waals surface area contributed by atoms with Crippen LogP contribution in [-0.2, 0) is 4.79 Å². The number of hydrogen-bond acceptors (Lipinski definition) is 7. The van der Waals surface area contributed by atoms with Crippen LogP contribution in [0.25, 0.3) is 0 Å². The fourth-order valence-electron chi connectivity index (χ4n) is 2.39. The zero-order chi connectivity index (χ0) is 15.0. The number of carboxylic acids is 1. The first kappa shape index (κ1) is 14.7. The van der Waals surface area contributed by atoms with E-state index in [1.165, 1.54) is 16.8 Å². The first-order valence-electron chi connectivity index (χ1n) is 6.44. The van der Waals surface area contributed by atoms with Crippen LogP contribution in [0.4, 0.5) is 0 Å². The Bertz CT molecular complexity index is 596. The van der Waals surface area contributed by atoms with Crippen LogP contribution >= 0.6 is 23.5 Å². The molecule has 0 radical (unpaired) electrons. The lowest BCUT2D eigenvalue weighted by Gasteiger charge is -2.24. The summed E-state index contributed by atoms with van der Waals surface area (Å²) in [5, 5.41) is 21.0. The van der Waals surface area contributed by atoms with Crippen LogP contribution in [0.5, 0.6) is 5.75 Å². The van der Waals surface area contributed by atoms with Gasteiger partial charge in [0.1, 0.15) is 16.8 Å². The highest BCUT2D eigenvalue weighted by molar-refractivity contribution is 8.14. The molecule has 0 bridgehead atoms. The van der Waals surface area contributed by atoms with E-state index in [1.54, 1.807) is 23.9 Å². The number of nitrogens with zero attached hydrogens (tertiary/aromatic N) is 2. The third-order valence-electron chi connectivity index (χ3n) is 3.50. The number of nitrogens with two attached hydrogens (primary N) is 1. The standard InChI is InChI=1S/C13H15N3O3S2/c14-16-9(13(18)19)6-21-12(16)8-5-20-11(15-8)7-3-1-2-4-10(7)17/h1-4,8-9,12,17H,5-6,14H2,(H,18,19)/t8-,9+,12?/m1/s1. The summed E-state index contributed by atoms with van der Waals surface area (Å²) in [4.78, 5) is 15.7. The number of para-hydroxylation sites is 1. The maximum absolute atomic E-state index is 11.1. The number of hydrogen-bond donors (Lipinski definition) is 3. The number of aliphatic imine (C=N–C) groups is 1. The molecule has 1 unspecified atom stereocenters. The van der Waals surface area contributed by atoms with Gasteiger partial charge in [0, 0.05) is 17.1 Å². The Morgan fingerprint density at radius 3 is 2.81 bits per heavy atom. The van der Waals surface area contributed by atoms with Gasteiger partial charge in [-0.2, -0.15) is 0 Å². The van der Waals surface area contributed by atoms with E-state index in [4.69, 9.17) is 10.9 Å². The summed E-state index contributed by atoms with van der Waals surface area (Å²) in [6.45, 7) is 0. The summed E-state index contributed by atoms with van der Waals surface area (Å²) in [7, 11) is 0. The van der Waals surface area contributed by atoms with Gasteiger partial charge in [-0.1, -0.05) is 12.1 Å². The lowest BCUT2D eigenvalue weighted by atomic mass is 10.2. The molecule has 21 heavy (non-hydrogen) atoms. The van der Waals surface area contributed by atoms with E-state index in [1.807, 2.05) is 12.1 Å². The lowest BCUT2D eigenvalue weighted by Crippen LogP contribution is -2.49. The van der Waals surface area contributed by atoms with Gasteiger partial charge in [0.25, 0.3) is 0 Å². The Balaban J connectivity index is 1.78. The fourth-order valence-corrected chi connectivity index (χ4v) is 5.02. The zero-order valence-corrected chi connectivity index (χ0v) is 12.7. The van der Waals surface area contributed by atoms with Crippen molar-refractivity contribution in [3.05, 3.63) is 29.8 Å². The molecule has 0 aliphatic carbocycles. The molecule has 1 aromatic rings. The van der Waals surface area contributed by atoms with E-state index < -0.39 is 12.0 Å². The molecule has 8 heteroatoms. The predicted molar refractivity (Wildman–Crippen MR) is 84.6 cm³/mol. The minimum Gasteiger partial charge on any atom is -0.507 e. The van der Waals surface area contributed by atoms with E-state index in [9.17, 15) is 9.90 Å². The molecule has 1 fully saturated rings. The van der Waals surface area contributed by atoms with Gasteiger partial charge in [0.05, 0.1) is 11.4 Å². The van der Waals surface area contributed by atoms with E-state index in [0.29, 0.717) is 11.3 Å². The van der Waals surface area contributed by atoms with E-state index in [0.717, 1.165) is 10.8 Å². The highest BCUT2D eigenvalue weighted by Crippen LogP contribution is 2.36. The summed E-state index contributed by atoms with van der Waals surface area (Å²) < 4.78 is 0. The van der Waals surface area contributed by atoms with Gasteiger partial charge in [0.2, 0.25) is 0 Å². The van der Waals surface area contributed by atoms with Crippen LogP contribution in [-0.4, -0.2) is 55.2 Å². The SMILES string of the molecule is NN1C([C@H]2CSC(c3ccccc3O)=N2)SC[C@H]1C(=O)O. The van der Waals surface area contributed by atoms with Crippen LogP contribution in [0, 0.1) is 0 Å². The Hall–Kier alpha value is -1.22. The molecule has 0 aromatic heterocycles. The maximum atomic E-state index is 11.1. The topological polar surface area (TPSA) is 99.1 Å². The molecule has 2 heterocycles. The molecular formula is C13H15N3O3S2. The van der Waals surface area contributed by atoms with Crippen LogP contribution in [0.2, 0.25) is 0 Å². The number of phenolic OH excluding ortho intramolecular Hbond substituents is 1. The minimum atomic E-state index is -0.900. The molecular weight excluding hydrogens is 310 g/mol. The first-order chi connectivity index (χ1) is 10.1. The molecule has 0 spiro atoms. The number of benzene rings is 1. The van der Waals surface area contributed by atoms with Crippen LogP contribution in [0.15, 0.2) is 29.3 Å². The van der Waals surface area contributed by atoms with Crippen molar-refractivity contribution < 1.29 is 15.0 Å².